The van der Waals surface area contributed by atoms with Crippen LogP contribution in [0.1, 0.15) is 23.5 Å². The Morgan fingerprint density at radius 1 is 1.23 bits per heavy atom. The van der Waals surface area contributed by atoms with Crippen molar-refractivity contribution in [3.8, 4) is 5.75 Å². The second-order valence-electron chi connectivity index (χ2n) is 8.74. The van der Waals surface area contributed by atoms with Crippen molar-refractivity contribution in [2.75, 3.05) is 53.9 Å². The third kappa shape index (κ3) is 7.76. The third-order valence-electron chi connectivity index (χ3n) is 6.03. The lowest BCUT2D eigenvalue weighted by molar-refractivity contribution is -0.130. The van der Waals surface area contributed by atoms with Crippen LogP contribution in [0.4, 0.5) is 13.2 Å². The Morgan fingerprint density at radius 2 is 2.00 bits per heavy atom. The van der Waals surface area contributed by atoms with Gasteiger partial charge < -0.3 is 19.9 Å². The van der Waals surface area contributed by atoms with Crippen LogP contribution in [0.2, 0.25) is 0 Å². The molecule has 3 rings (SSSR count). The van der Waals surface area contributed by atoms with Crippen LogP contribution >= 0.6 is 22.9 Å². The van der Waals surface area contributed by atoms with Crippen molar-refractivity contribution in [2.45, 2.75) is 25.0 Å². The zero-order valence-corrected chi connectivity index (χ0v) is 22.3. The Hall–Kier alpha value is -1.96. The van der Waals surface area contributed by atoms with Crippen molar-refractivity contribution in [1.29, 1.82) is 0 Å². The van der Waals surface area contributed by atoms with Crippen LogP contribution in [0.5, 0.6) is 5.75 Å². The Balaban J connectivity index is 1.59. The number of carbonyl (C=O) groups is 1. The van der Waals surface area contributed by atoms with Crippen molar-refractivity contribution in [1.82, 2.24) is 23.2 Å². The molecule has 0 saturated heterocycles. The monoisotopic (exact) mass is 605 g/mol. The Kier molecular flexibility index (Phi) is 10.1. The molecule has 192 valence electrons. The van der Waals surface area contributed by atoms with Crippen LogP contribution < -0.4 is 10.1 Å². The fourth-order valence-electron chi connectivity index (χ4n) is 3.74. The van der Waals surface area contributed by atoms with E-state index in [4.69, 9.17) is 4.74 Å². The molecule has 2 atom stereocenters. The number of pyridine rings is 1. The number of hydrogen-bond acceptors (Lipinski definition) is 6. The molecular weight excluding hydrogens is 574 g/mol. The van der Waals surface area contributed by atoms with Crippen molar-refractivity contribution in [3.05, 3.63) is 59.2 Å². The topological polar surface area (TPSA) is 60.9 Å². The molecule has 0 bridgehead atoms. The second-order valence-corrected chi connectivity index (χ2v) is 9.98. The van der Waals surface area contributed by atoms with Gasteiger partial charge in [0.1, 0.15) is 12.4 Å². The SMILES string of the molecule is CNCCN(C)CCN(C)C(=O)CN(I)C1CC1c1cc(F)cc(F)c1OCc1cccnc1F. The summed E-state index contributed by atoms with van der Waals surface area (Å²) in [7, 11) is 5.68. The van der Waals surface area contributed by atoms with Crippen molar-refractivity contribution in [2.24, 2.45) is 0 Å². The van der Waals surface area contributed by atoms with Gasteiger partial charge in [0.25, 0.3) is 0 Å². The highest BCUT2D eigenvalue weighted by molar-refractivity contribution is 14.1. The molecule has 1 amide bonds. The minimum Gasteiger partial charge on any atom is -0.485 e. The van der Waals surface area contributed by atoms with E-state index >= 15 is 0 Å². The molecule has 2 unspecified atom stereocenters. The fourth-order valence-corrected chi connectivity index (χ4v) is 4.64. The number of ether oxygens (including phenoxy) is 1. The predicted octanol–water partition coefficient (Wildman–Crippen LogP) is 3.20. The molecule has 1 aromatic carbocycles. The lowest BCUT2D eigenvalue weighted by Gasteiger charge is -2.24. The number of rotatable bonds is 13. The minimum atomic E-state index is -0.840. The molecule has 0 aliphatic heterocycles. The van der Waals surface area contributed by atoms with Crippen molar-refractivity contribution < 1.29 is 22.7 Å². The molecule has 0 spiro atoms. The first-order valence-corrected chi connectivity index (χ1v) is 12.4. The van der Waals surface area contributed by atoms with Crippen molar-refractivity contribution >= 4 is 28.8 Å². The number of halogens is 4. The molecule has 1 aliphatic carbocycles. The molecule has 1 fully saturated rings. The predicted molar refractivity (Wildman–Crippen MR) is 136 cm³/mol. The quantitative estimate of drug-likeness (QED) is 0.215. The van der Waals surface area contributed by atoms with Gasteiger partial charge in [-0.2, -0.15) is 4.39 Å². The van der Waals surface area contributed by atoms with E-state index in [2.05, 4.69) is 38.1 Å². The van der Waals surface area contributed by atoms with E-state index in [1.54, 1.807) is 18.0 Å². The summed E-state index contributed by atoms with van der Waals surface area (Å²) < 4.78 is 50.0. The van der Waals surface area contributed by atoms with Crippen LogP contribution in [-0.4, -0.2) is 83.7 Å². The largest absolute Gasteiger partial charge is 0.485 e. The van der Waals surface area contributed by atoms with Crippen molar-refractivity contribution in [3.63, 3.8) is 0 Å². The zero-order chi connectivity index (χ0) is 25.5. The maximum absolute atomic E-state index is 14.6. The Labute approximate surface area is 218 Å². The molecule has 11 heteroatoms. The molecule has 0 radical (unpaired) electrons. The first kappa shape index (κ1) is 27.6. The van der Waals surface area contributed by atoms with Gasteiger partial charge in [0.2, 0.25) is 11.9 Å². The van der Waals surface area contributed by atoms with Gasteiger partial charge in [-0.3, -0.25) is 4.79 Å². The van der Waals surface area contributed by atoms with Gasteiger partial charge >= 0.3 is 0 Å². The standard InChI is InChI=1S/C24H31F3IN5O2/c1-29-7-8-31(2)9-10-32(3)22(34)14-33(28)21-13-18(21)19-11-17(25)12-20(26)23(19)35-15-16-5-4-6-30-24(16)27/h4-6,11-12,18,21,29H,7-10,13-15H2,1-3H3. The molecular formula is C24H31F3IN5O2. The normalized spacial score (nSPS) is 17.2. The highest BCUT2D eigenvalue weighted by Crippen LogP contribution is 2.50. The van der Waals surface area contributed by atoms with Gasteiger partial charge in [-0.05, 0) is 38.7 Å². The summed E-state index contributed by atoms with van der Waals surface area (Å²) >= 11 is 2.09. The Bertz CT molecular complexity index is 1020. The summed E-state index contributed by atoms with van der Waals surface area (Å²) in [6.45, 7) is 3.10. The maximum Gasteiger partial charge on any atom is 0.237 e. The number of hydrogen-bond donors (Lipinski definition) is 1. The molecule has 1 saturated carbocycles. The molecule has 1 N–H and O–H groups in total. The highest BCUT2D eigenvalue weighted by Gasteiger charge is 2.45. The lowest BCUT2D eigenvalue weighted by atomic mass is 10.1. The van der Waals surface area contributed by atoms with E-state index in [-0.39, 0.29) is 42.3 Å². The summed E-state index contributed by atoms with van der Waals surface area (Å²) in [4.78, 5) is 20.1. The maximum atomic E-state index is 14.6. The van der Waals surface area contributed by atoms with Crippen LogP contribution in [0, 0.1) is 17.6 Å². The second kappa shape index (κ2) is 12.8. The molecule has 1 heterocycles. The minimum absolute atomic E-state index is 0.0268. The van der Waals surface area contributed by atoms with Gasteiger partial charge in [0.15, 0.2) is 11.6 Å². The van der Waals surface area contributed by atoms with Crippen LogP contribution in [0.3, 0.4) is 0 Å². The number of nitrogens with one attached hydrogen (secondary N) is 1. The van der Waals surface area contributed by atoms with Crippen LogP contribution in [0.25, 0.3) is 0 Å². The number of carbonyl (C=O) groups excluding carboxylic acids is 1. The van der Waals surface area contributed by atoms with E-state index in [1.807, 2.05) is 17.2 Å². The number of nitrogens with zero attached hydrogens (tertiary/aromatic N) is 4. The summed E-state index contributed by atoms with van der Waals surface area (Å²) in [6, 6.07) is 5.00. The average Bonchev–Trinajstić information content (AvgIpc) is 3.62. The highest BCUT2D eigenvalue weighted by atomic mass is 127. The van der Waals surface area contributed by atoms with Gasteiger partial charge in [-0.1, -0.05) is 0 Å². The van der Waals surface area contributed by atoms with Crippen LogP contribution in [-0.2, 0) is 11.4 Å². The summed E-state index contributed by atoms with van der Waals surface area (Å²) in [5, 5.41) is 3.10. The molecule has 2 aromatic rings. The smallest absolute Gasteiger partial charge is 0.237 e. The Morgan fingerprint density at radius 3 is 2.71 bits per heavy atom. The van der Waals surface area contributed by atoms with Gasteiger partial charge in [-0.15, -0.1) is 0 Å². The average molecular weight is 605 g/mol. The first-order chi connectivity index (χ1) is 16.7. The van der Waals surface area contributed by atoms with E-state index in [0.717, 1.165) is 25.7 Å². The lowest BCUT2D eigenvalue weighted by Crippen LogP contribution is -2.40. The summed E-state index contributed by atoms with van der Waals surface area (Å²) in [6.07, 6.45) is 1.95. The number of amides is 1. The van der Waals surface area contributed by atoms with Gasteiger partial charge in [0.05, 0.1) is 6.54 Å². The van der Waals surface area contributed by atoms with E-state index in [9.17, 15) is 18.0 Å². The molecule has 35 heavy (non-hydrogen) atoms. The third-order valence-corrected chi connectivity index (χ3v) is 7.09. The van der Waals surface area contributed by atoms with E-state index in [1.165, 1.54) is 18.3 Å². The van der Waals surface area contributed by atoms with Crippen LogP contribution in [0.15, 0.2) is 30.5 Å². The first-order valence-electron chi connectivity index (χ1n) is 11.4. The molecule has 1 aromatic heterocycles. The van der Waals surface area contributed by atoms with Gasteiger partial charge in [-0.25, -0.2) is 16.9 Å². The fraction of sp³-hybridized carbons (Fsp3) is 0.500. The van der Waals surface area contributed by atoms with E-state index < -0.39 is 17.6 Å². The van der Waals surface area contributed by atoms with Gasteiger partial charge in [0, 0.05) is 91.4 Å². The zero-order valence-electron chi connectivity index (χ0n) is 20.1. The number of benzene rings is 1. The number of likely N-dealkylation sites (N-methyl/N-ethyl adjacent to an activating group) is 3. The summed E-state index contributed by atoms with van der Waals surface area (Å²) in [5.74, 6) is -2.57. The number of aromatic nitrogens is 1. The molecule has 7 nitrogen and oxygen atoms in total. The van der Waals surface area contributed by atoms with E-state index in [0.29, 0.717) is 18.5 Å². The summed E-state index contributed by atoms with van der Waals surface area (Å²) in [5.41, 5.74) is 0.556. The molecule has 1 aliphatic rings.